The predicted molar refractivity (Wildman–Crippen MR) is 112 cm³/mol. The molecule has 2 aromatic carbocycles. The lowest BCUT2D eigenvalue weighted by molar-refractivity contribution is 0.168. The Balaban J connectivity index is 1.38. The SMILES string of the molecule is Cc1ccc(S(=O)(=O)N2CCN(Cc3ncc(-c4ccccc4)o3)CC2)cc1C. The van der Waals surface area contributed by atoms with Gasteiger partial charge < -0.3 is 4.42 Å². The van der Waals surface area contributed by atoms with Crippen LogP contribution in [0.15, 0.2) is 64.0 Å². The second-order valence-corrected chi connectivity index (χ2v) is 9.35. The average Bonchev–Trinajstić information content (AvgIpc) is 3.19. The lowest BCUT2D eigenvalue weighted by Gasteiger charge is -2.33. The van der Waals surface area contributed by atoms with E-state index in [1.54, 1.807) is 22.6 Å². The molecule has 1 aromatic heterocycles. The van der Waals surface area contributed by atoms with Crippen molar-refractivity contribution in [2.45, 2.75) is 25.3 Å². The second kappa shape index (κ2) is 8.10. The van der Waals surface area contributed by atoms with Gasteiger partial charge in [0.2, 0.25) is 15.9 Å². The summed E-state index contributed by atoms with van der Waals surface area (Å²) in [5, 5.41) is 0. The molecule has 0 saturated carbocycles. The predicted octanol–water partition coefficient (Wildman–Crippen LogP) is 3.46. The van der Waals surface area contributed by atoms with Crippen molar-refractivity contribution in [2.24, 2.45) is 0 Å². The molecule has 29 heavy (non-hydrogen) atoms. The van der Waals surface area contributed by atoms with E-state index in [1.165, 1.54) is 0 Å². The Morgan fingerprint density at radius 1 is 0.966 bits per heavy atom. The van der Waals surface area contributed by atoms with Crippen molar-refractivity contribution in [3.63, 3.8) is 0 Å². The molecule has 0 atom stereocenters. The summed E-state index contributed by atoms with van der Waals surface area (Å²) in [4.78, 5) is 6.92. The van der Waals surface area contributed by atoms with Gasteiger partial charge in [0.25, 0.3) is 0 Å². The van der Waals surface area contributed by atoms with Gasteiger partial charge in [0.15, 0.2) is 5.76 Å². The summed E-state index contributed by atoms with van der Waals surface area (Å²) in [5.41, 5.74) is 3.08. The summed E-state index contributed by atoms with van der Waals surface area (Å²) in [6.45, 7) is 6.70. The van der Waals surface area contributed by atoms with Crippen LogP contribution in [-0.4, -0.2) is 48.8 Å². The molecule has 2 heterocycles. The van der Waals surface area contributed by atoms with Crippen LogP contribution in [0.25, 0.3) is 11.3 Å². The van der Waals surface area contributed by atoms with Gasteiger partial charge in [0.1, 0.15) is 0 Å². The number of nitrogens with zero attached hydrogens (tertiary/aromatic N) is 3. The van der Waals surface area contributed by atoms with Crippen LogP contribution in [0, 0.1) is 13.8 Å². The number of hydrogen-bond donors (Lipinski definition) is 0. The smallest absolute Gasteiger partial charge is 0.243 e. The fourth-order valence-corrected chi connectivity index (χ4v) is 4.97. The molecule has 0 aliphatic carbocycles. The summed E-state index contributed by atoms with van der Waals surface area (Å²) >= 11 is 0. The van der Waals surface area contributed by atoms with E-state index in [2.05, 4.69) is 9.88 Å². The maximum atomic E-state index is 13.0. The molecule has 0 spiro atoms. The molecule has 1 fully saturated rings. The van der Waals surface area contributed by atoms with Crippen LogP contribution in [-0.2, 0) is 16.6 Å². The first kappa shape index (κ1) is 19.8. The van der Waals surface area contributed by atoms with Crippen LogP contribution in [0.5, 0.6) is 0 Å². The maximum absolute atomic E-state index is 13.0. The van der Waals surface area contributed by atoms with E-state index in [9.17, 15) is 8.42 Å². The largest absolute Gasteiger partial charge is 0.439 e. The highest BCUT2D eigenvalue weighted by atomic mass is 32.2. The minimum absolute atomic E-state index is 0.370. The first-order chi connectivity index (χ1) is 13.9. The molecule has 7 heteroatoms. The van der Waals surface area contributed by atoms with Crippen molar-refractivity contribution in [3.05, 3.63) is 71.7 Å². The Kier molecular flexibility index (Phi) is 5.54. The highest BCUT2D eigenvalue weighted by Gasteiger charge is 2.29. The van der Waals surface area contributed by atoms with E-state index in [4.69, 9.17) is 4.42 Å². The number of piperazine rings is 1. The van der Waals surface area contributed by atoms with E-state index < -0.39 is 10.0 Å². The Morgan fingerprint density at radius 3 is 2.38 bits per heavy atom. The molecule has 3 aromatic rings. The van der Waals surface area contributed by atoms with Crippen LogP contribution in [0.4, 0.5) is 0 Å². The Morgan fingerprint density at radius 2 is 1.69 bits per heavy atom. The van der Waals surface area contributed by atoms with Gasteiger partial charge in [-0.2, -0.15) is 4.31 Å². The molecule has 0 amide bonds. The number of oxazole rings is 1. The van der Waals surface area contributed by atoms with E-state index in [0.717, 1.165) is 22.5 Å². The maximum Gasteiger partial charge on any atom is 0.243 e. The summed E-state index contributed by atoms with van der Waals surface area (Å²) in [5.74, 6) is 1.39. The molecule has 6 nitrogen and oxygen atoms in total. The molecule has 1 saturated heterocycles. The van der Waals surface area contributed by atoms with Crippen LogP contribution in [0.3, 0.4) is 0 Å². The van der Waals surface area contributed by atoms with E-state index in [0.29, 0.717) is 43.5 Å². The fraction of sp³-hybridized carbons (Fsp3) is 0.318. The number of benzene rings is 2. The van der Waals surface area contributed by atoms with Gasteiger partial charge in [0.05, 0.1) is 17.6 Å². The van der Waals surface area contributed by atoms with E-state index in [-0.39, 0.29) is 0 Å². The molecule has 0 N–H and O–H groups in total. The first-order valence-corrected chi connectivity index (χ1v) is 11.2. The average molecular weight is 412 g/mol. The molecule has 0 radical (unpaired) electrons. The van der Waals surface area contributed by atoms with Crippen molar-refractivity contribution in [1.29, 1.82) is 0 Å². The third kappa shape index (κ3) is 4.27. The second-order valence-electron chi connectivity index (χ2n) is 7.41. The number of aryl methyl sites for hydroxylation is 2. The lowest BCUT2D eigenvalue weighted by Crippen LogP contribution is -2.48. The molecular formula is C22H25N3O3S. The van der Waals surface area contributed by atoms with Crippen LogP contribution >= 0.6 is 0 Å². The normalized spacial score (nSPS) is 16.2. The number of hydrogen-bond acceptors (Lipinski definition) is 5. The van der Waals surface area contributed by atoms with Gasteiger partial charge in [-0.15, -0.1) is 0 Å². The van der Waals surface area contributed by atoms with Crippen molar-refractivity contribution in [2.75, 3.05) is 26.2 Å². The zero-order chi connectivity index (χ0) is 20.4. The topological polar surface area (TPSA) is 66.7 Å². The molecule has 4 rings (SSSR count). The van der Waals surface area contributed by atoms with Crippen molar-refractivity contribution in [1.82, 2.24) is 14.2 Å². The fourth-order valence-electron chi connectivity index (χ4n) is 3.46. The lowest BCUT2D eigenvalue weighted by atomic mass is 10.1. The molecule has 152 valence electrons. The highest BCUT2D eigenvalue weighted by molar-refractivity contribution is 7.89. The first-order valence-electron chi connectivity index (χ1n) is 9.73. The Hall–Kier alpha value is -2.48. The monoisotopic (exact) mass is 411 g/mol. The number of sulfonamides is 1. The van der Waals surface area contributed by atoms with E-state index >= 15 is 0 Å². The van der Waals surface area contributed by atoms with Crippen LogP contribution in [0.1, 0.15) is 17.0 Å². The zero-order valence-electron chi connectivity index (χ0n) is 16.7. The standard InChI is InChI=1S/C22H25N3O3S/c1-17-8-9-20(14-18(17)2)29(26,27)25-12-10-24(11-13-25)16-22-23-15-21(28-22)19-6-4-3-5-7-19/h3-9,14-15H,10-13,16H2,1-2H3. The van der Waals surface area contributed by atoms with Gasteiger partial charge in [-0.3, -0.25) is 4.90 Å². The molecule has 1 aliphatic heterocycles. The van der Waals surface area contributed by atoms with Gasteiger partial charge in [0, 0.05) is 31.7 Å². The number of aromatic nitrogens is 1. The molecule has 0 bridgehead atoms. The number of rotatable bonds is 5. The molecule has 0 unspecified atom stereocenters. The van der Waals surface area contributed by atoms with Crippen LogP contribution in [0.2, 0.25) is 0 Å². The van der Waals surface area contributed by atoms with Gasteiger partial charge in [-0.05, 0) is 37.1 Å². The minimum Gasteiger partial charge on any atom is -0.439 e. The highest BCUT2D eigenvalue weighted by Crippen LogP contribution is 2.23. The third-order valence-corrected chi connectivity index (χ3v) is 7.31. The van der Waals surface area contributed by atoms with Crippen molar-refractivity contribution in [3.8, 4) is 11.3 Å². The van der Waals surface area contributed by atoms with Crippen molar-refractivity contribution < 1.29 is 12.8 Å². The summed E-state index contributed by atoms with van der Waals surface area (Å²) in [6, 6.07) is 15.2. The quantitative estimate of drug-likeness (QED) is 0.643. The molecule has 1 aliphatic rings. The minimum atomic E-state index is -3.46. The Bertz CT molecular complexity index is 1090. The van der Waals surface area contributed by atoms with Gasteiger partial charge in [-0.1, -0.05) is 36.4 Å². The zero-order valence-corrected chi connectivity index (χ0v) is 17.5. The van der Waals surface area contributed by atoms with Crippen molar-refractivity contribution >= 4 is 10.0 Å². The van der Waals surface area contributed by atoms with Gasteiger partial charge >= 0.3 is 0 Å². The summed E-state index contributed by atoms with van der Waals surface area (Å²) < 4.78 is 33.3. The van der Waals surface area contributed by atoms with Gasteiger partial charge in [-0.25, -0.2) is 13.4 Å². The Labute approximate surface area is 171 Å². The van der Waals surface area contributed by atoms with Crippen LogP contribution < -0.4 is 0 Å². The summed E-state index contributed by atoms with van der Waals surface area (Å²) in [6.07, 6.45) is 1.74. The van der Waals surface area contributed by atoms with E-state index in [1.807, 2.05) is 50.2 Å². The third-order valence-electron chi connectivity index (χ3n) is 5.42. The summed E-state index contributed by atoms with van der Waals surface area (Å²) in [7, 11) is -3.46. The molecular weight excluding hydrogens is 386 g/mol.